The summed E-state index contributed by atoms with van der Waals surface area (Å²) in [5.74, 6) is 0. The summed E-state index contributed by atoms with van der Waals surface area (Å²) >= 11 is 0. The predicted octanol–water partition coefficient (Wildman–Crippen LogP) is 3.38. The van der Waals surface area contributed by atoms with Gasteiger partial charge in [0.15, 0.2) is 0 Å². The van der Waals surface area contributed by atoms with Crippen molar-refractivity contribution in [1.82, 2.24) is 4.31 Å². The van der Waals surface area contributed by atoms with E-state index in [1.165, 1.54) is 44.8 Å². The number of sulfonamides is 2. The summed E-state index contributed by atoms with van der Waals surface area (Å²) in [4.78, 5) is 2.01. The maximum absolute atomic E-state index is 13.0. The quantitative estimate of drug-likeness (QED) is 0.656. The number of hydrogen-bond donors (Lipinski definition) is 1. The van der Waals surface area contributed by atoms with Crippen LogP contribution in [0.15, 0.2) is 52.3 Å². The lowest BCUT2D eigenvalue weighted by Crippen LogP contribution is -2.34. The first-order valence-electron chi connectivity index (χ1n) is 10.4. The van der Waals surface area contributed by atoms with E-state index in [4.69, 9.17) is 0 Å². The molecule has 3 rings (SSSR count). The molecule has 1 N–H and O–H groups in total. The van der Waals surface area contributed by atoms with Gasteiger partial charge >= 0.3 is 0 Å². The highest BCUT2D eigenvalue weighted by Gasteiger charge is 2.24. The summed E-state index contributed by atoms with van der Waals surface area (Å²) in [7, 11) is -2.88. The van der Waals surface area contributed by atoms with Crippen LogP contribution in [0.1, 0.15) is 37.7 Å². The van der Waals surface area contributed by atoms with Gasteiger partial charge in [-0.3, -0.25) is 4.72 Å². The molecule has 0 spiro atoms. The number of nitrogens with zero attached hydrogens (tertiary/aromatic N) is 3. The minimum absolute atomic E-state index is 0.0116. The summed E-state index contributed by atoms with van der Waals surface area (Å²) < 4.78 is 54.3. The van der Waals surface area contributed by atoms with Crippen molar-refractivity contribution < 1.29 is 16.8 Å². The lowest BCUT2D eigenvalue weighted by molar-refractivity contribution is 0.428. The monoisotopic (exact) mass is 476 g/mol. The zero-order chi connectivity index (χ0) is 23.5. The predicted molar refractivity (Wildman–Crippen MR) is 125 cm³/mol. The van der Waals surface area contributed by atoms with E-state index in [1.54, 1.807) is 18.2 Å². The molecule has 0 amide bonds. The lowest BCUT2D eigenvalue weighted by atomic mass is 9.94. The van der Waals surface area contributed by atoms with Crippen molar-refractivity contribution in [3.63, 3.8) is 0 Å². The van der Waals surface area contributed by atoms with Gasteiger partial charge in [-0.2, -0.15) is 5.26 Å². The summed E-state index contributed by atoms with van der Waals surface area (Å²) in [6, 6.07) is 12.3. The minimum Gasteiger partial charge on any atom is -0.370 e. The Morgan fingerprint density at radius 2 is 1.50 bits per heavy atom. The molecule has 172 valence electrons. The van der Waals surface area contributed by atoms with Crippen LogP contribution in [-0.4, -0.2) is 48.3 Å². The third-order valence-electron chi connectivity index (χ3n) is 5.79. The van der Waals surface area contributed by atoms with Crippen LogP contribution in [0, 0.1) is 11.3 Å². The van der Waals surface area contributed by atoms with Crippen LogP contribution in [0.4, 0.5) is 11.4 Å². The number of benzene rings is 2. The Kier molecular flexibility index (Phi) is 7.12. The highest BCUT2D eigenvalue weighted by molar-refractivity contribution is 7.92. The highest BCUT2D eigenvalue weighted by atomic mass is 32.2. The standard InChI is InChI=1S/C22H28N4O4S2/c1-25(2)32(29,30)20-12-10-19(11-13-20)31(27,28)24-21-14-9-17(16-23)15-22(21)26(3)18-7-5-4-6-8-18/h9-15,18,24H,4-8H2,1-3H3. The first-order chi connectivity index (χ1) is 15.1. The van der Waals surface area contributed by atoms with Crippen LogP contribution in [0.2, 0.25) is 0 Å². The molecule has 0 radical (unpaired) electrons. The van der Waals surface area contributed by atoms with Gasteiger partial charge in [-0.05, 0) is 55.3 Å². The van der Waals surface area contributed by atoms with Gasteiger partial charge in [0, 0.05) is 27.2 Å². The molecule has 2 aromatic rings. The topological polar surface area (TPSA) is 111 Å². The van der Waals surface area contributed by atoms with E-state index in [0.29, 0.717) is 16.9 Å². The third kappa shape index (κ3) is 5.06. The molecule has 1 fully saturated rings. The van der Waals surface area contributed by atoms with Crippen LogP contribution in [-0.2, 0) is 20.0 Å². The van der Waals surface area contributed by atoms with Gasteiger partial charge < -0.3 is 4.90 Å². The van der Waals surface area contributed by atoms with E-state index < -0.39 is 20.0 Å². The first kappa shape index (κ1) is 24.0. The number of nitrogens with one attached hydrogen (secondary N) is 1. The van der Waals surface area contributed by atoms with Crippen molar-refractivity contribution in [2.24, 2.45) is 0 Å². The Balaban J connectivity index is 1.92. The molecule has 8 nitrogen and oxygen atoms in total. The Hall–Kier alpha value is -2.61. The van der Waals surface area contributed by atoms with E-state index in [2.05, 4.69) is 10.8 Å². The Bertz CT molecular complexity index is 1210. The zero-order valence-electron chi connectivity index (χ0n) is 18.4. The van der Waals surface area contributed by atoms with Gasteiger partial charge in [-0.1, -0.05) is 19.3 Å². The second-order valence-electron chi connectivity index (χ2n) is 8.11. The van der Waals surface area contributed by atoms with Crippen molar-refractivity contribution in [3.05, 3.63) is 48.0 Å². The van der Waals surface area contributed by atoms with Gasteiger partial charge in [-0.25, -0.2) is 21.1 Å². The Morgan fingerprint density at radius 1 is 0.906 bits per heavy atom. The van der Waals surface area contributed by atoms with E-state index in [9.17, 15) is 22.1 Å². The van der Waals surface area contributed by atoms with Crippen LogP contribution in [0.5, 0.6) is 0 Å². The zero-order valence-corrected chi connectivity index (χ0v) is 20.1. The summed E-state index contributed by atoms with van der Waals surface area (Å²) in [5.41, 5.74) is 1.47. The Morgan fingerprint density at radius 3 is 2.06 bits per heavy atom. The van der Waals surface area contributed by atoms with Crippen LogP contribution in [0.3, 0.4) is 0 Å². The molecule has 32 heavy (non-hydrogen) atoms. The number of hydrogen-bond acceptors (Lipinski definition) is 6. The first-order valence-corrected chi connectivity index (χ1v) is 13.3. The van der Waals surface area contributed by atoms with E-state index in [1.807, 2.05) is 11.9 Å². The molecule has 0 heterocycles. The highest BCUT2D eigenvalue weighted by Crippen LogP contribution is 2.33. The number of anilines is 2. The normalized spacial score (nSPS) is 15.3. The van der Waals surface area contributed by atoms with Crippen molar-refractivity contribution >= 4 is 31.4 Å². The molecule has 0 bridgehead atoms. The SMILES string of the molecule is CN(c1cc(C#N)ccc1NS(=O)(=O)c1ccc(S(=O)(=O)N(C)C)cc1)C1CCCCC1. The van der Waals surface area contributed by atoms with Gasteiger partial charge in [0.2, 0.25) is 10.0 Å². The second kappa shape index (κ2) is 9.48. The van der Waals surface area contributed by atoms with Gasteiger partial charge in [-0.15, -0.1) is 0 Å². The van der Waals surface area contributed by atoms with Gasteiger partial charge in [0.25, 0.3) is 10.0 Å². The van der Waals surface area contributed by atoms with E-state index >= 15 is 0 Å². The maximum atomic E-state index is 13.0. The number of nitriles is 1. The van der Waals surface area contributed by atoms with Gasteiger partial charge in [0.05, 0.1) is 32.8 Å². The molecule has 2 aromatic carbocycles. The smallest absolute Gasteiger partial charge is 0.261 e. The van der Waals surface area contributed by atoms with Crippen LogP contribution < -0.4 is 9.62 Å². The molecule has 0 atom stereocenters. The Labute approximate surface area is 190 Å². The van der Waals surface area contributed by atoms with Crippen molar-refractivity contribution in [1.29, 1.82) is 5.26 Å². The molecule has 1 saturated carbocycles. The van der Waals surface area contributed by atoms with E-state index in [0.717, 1.165) is 30.0 Å². The summed E-state index contributed by atoms with van der Waals surface area (Å²) in [6.07, 6.45) is 5.47. The van der Waals surface area contributed by atoms with Crippen molar-refractivity contribution in [2.75, 3.05) is 30.8 Å². The molecule has 0 saturated heterocycles. The largest absolute Gasteiger partial charge is 0.370 e. The lowest BCUT2D eigenvalue weighted by Gasteiger charge is -2.34. The van der Waals surface area contributed by atoms with Crippen molar-refractivity contribution in [3.8, 4) is 6.07 Å². The fourth-order valence-corrected chi connectivity index (χ4v) is 5.83. The van der Waals surface area contributed by atoms with E-state index in [-0.39, 0.29) is 15.8 Å². The average Bonchev–Trinajstić information content (AvgIpc) is 2.79. The molecule has 1 aliphatic rings. The summed E-state index contributed by atoms with van der Waals surface area (Å²) in [5, 5.41) is 9.33. The minimum atomic E-state index is -3.97. The third-order valence-corrected chi connectivity index (χ3v) is 9.00. The average molecular weight is 477 g/mol. The summed E-state index contributed by atoms with van der Waals surface area (Å²) in [6.45, 7) is 0. The molecular weight excluding hydrogens is 448 g/mol. The maximum Gasteiger partial charge on any atom is 0.261 e. The fraction of sp³-hybridized carbons (Fsp3) is 0.409. The molecular formula is C22H28N4O4S2. The number of rotatable bonds is 7. The molecule has 10 heteroatoms. The molecule has 0 unspecified atom stereocenters. The van der Waals surface area contributed by atoms with Crippen LogP contribution in [0.25, 0.3) is 0 Å². The molecule has 0 aromatic heterocycles. The second-order valence-corrected chi connectivity index (χ2v) is 11.9. The van der Waals surface area contributed by atoms with Gasteiger partial charge in [0.1, 0.15) is 0 Å². The molecule has 0 aliphatic heterocycles. The molecule has 1 aliphatic carbocycles. The van der Waals surface area contributed by atoms with Crippen LogP contribution >= 0.6 is 0 Å². The fourth-order valence-electron chi connectivity index (χ4n) is 3.85. The van der Waals surface area contributed by atoms with Crippen molar-refractivity contribution in [2.45, 2.75) is 47.9 Å².